The summed E-state index contributed by atoms with van der Waals surface area (Å²) >= 11 is 0. The van der Waals surface area contributed by atoms with E-state index in [0.717, 1.165) is 44.6 Å². The second-order valence-electron chi connectivity index (χ2n) is 7.46. The van der Waals surface area contributed by atoms with Crippen LogP contribution in [0.2, 0.25) is 0 Å². The van der Waals surface area contributed by atoms with Crippen molar-refractivity contribution in [2.75, 3.05) is 26.2 Å². The number of amides is 1. The first-order chi connectivity index (χ1) is 11.0. The third-order valence-electron chi connectivity index (χ3n) is 4.73. The van der Waals surface area contributed by atoms with Gasteiger partial charge in [-0.05, 0) is 39.2 Å². The molecule has 126 valence electrons. The van der Waals surface area contributed by atoms with E-state index in [-0.39, 0.29) is 23.7 Å². The molecule has 0 N–H and O–H groups in total. The summed E-state index contributed by atoms with van der Waals surface area (Å²) in [6.07, 6.45) is 2.38. The third-order valence-corrected chi connectivity index (χ3v) is 4.73. The first kappa shape index (κ1) is 16.5. The molecule has 23 heavy (non-hydrogen) atoms. The van der Waals surface area contributed by atoms with Gasteiger partial charge in [0.15, 0.2) is 0 Å². The second kappa shape index (κ2) is 6.62. The standard InChI is InChI=1S/C19H28N2O2/c1-15-13-21(14-19(2,3)23-15)17(16-9-5-4-6-10-16)18(22)20-11-7-8-12-20/h4-6,9-10,15,17H,7-8,11-14H2,1-3H3/t15-,17+/m1/s1. The molecule has 4 heteroatoms. The van der Waals surface area contributed by atoms with Gasteiger partial charge in [0.25, 0.3) is 0 Å². The summed E-state index contributed by atoms with van der Waals surface area (Å²) in [6, 6.07) is 10.0. The van der Waals surface area contributed by atoms with Crippen LogP contribution in [0.1, 0.15) is 45.2 Å². The Balaban J connectivity index is 1.90. The highest BCUT2D eigenvalue weighted by Crippen LogP contribution is 2.31. The highest BCUT2D eigenvalue weighted by molar-refractivity contribution is 5.83. The van der Waals surface area contributed by atoms with E-state index in [9.17, 15) is 4.79 Å². The molecular weight excluding hydrogens is 288 g/mol. The van der Waals surface area contributed by atoms with Gasteiger partial charge < -0.3 is 9.64 Å². The molecule has 1 aromatic rings. The Labute approximate surface area is 139 Å². The van der Waals surface area contributed by atoms with Crippen molar-refractivity contribution >= 4 is 5.91 Å². The summed E-state index contributed by atoms with van der Waals surface area (Å²) < 4.78 is 6.03. The van der Waals surface area contributed by atoms with E-state index >= 15 is 0 Å². The summed E-state index contributed by atoms with van der Waals surface area (Å²) in [7, 11) is 0. The maximum absolute atomic E-state index is 13.2. The zero-order valence-corrected chi connectivity index (χ0v) is 14.5. The van der Waals surface area contributed by atoms with Crippen molar-refractivity contribution in [3.8, 4) is 0 Å². The van der Waals surface area contributed by atoms with Gasteiger partial charge in [-0.2, -0.15) is 0 Å². The summed E-state index contributed by atoms with van der Waals surface area (Å²) in [5, 5.41) is 0. The van der Waals surface area contributed by atoms with Crippen LogP contribution in [0.5, 0.6) is 0 Å². The van der Waals surface area contributed by atoms with E-state index in [1.165, 1.54) is 0 Å². The number of carbonyl (C=O) groups is 1. The summed E-state index contributed by atoms with van der Waals surface area (Å²) in [5.41, 5.74) is 0.866. The van der Waals surface area contributed by atoms with E-state index in [2.05, 4.69) is 37.8 Å². The van der Waals surface area contributed by atoms with Crippen LogP contribution in [0, 0.1) is 0 Å². The molecule has 3 rings (SSSR count). The fraction of sp³-hybridized carbons (Fsp3) is 0.632. The van der Waals surface area contributed by atoms with Crippen molar-refractivity contribution in [2.24, 2.45) is 0 Å². The average molecular weight is 316 g/mol. The molecule has 0 saturated carbocycles. The number of hydrogen-bond donors (Lipinski definition) is 0. The highest BCUT2D eigenvalue weighted by Gasteiger charge is 2.39. The molecule has 0 unspecified atom stereocenters. The van der Waals surface area contributed by atoms with Gasteiger partial charge in [0.1, 0.15) is 6.04 Å². The quantitative estimate of drug-likeness (QED) is 0.859. The van der Waals surface area contributed by atoms with Gasteiger partial charge in [0.2, 0.25) is 5.91 Å². The van der Waals surface area contributed by atoms with Crippen LogP contribution in [-0.4, -0.2) is 53.6 Å². The van der Waals surface area contributed by atoms with Crippen LogP contribution < -0.4 is 0 Å². The molecule has 0 bridgehead atoms. The lowest BCUT2D eigenvalue weighted by Crippen LogP contribution is -2.55. The minimum atomic E-state index is -0.226. The number of nitrogens with zero attached hydrogens (tertiary/aromatic N) is 2. The molecule has 2 aliphatic rings. The van der Waals surface area contributed by atoms with Crippen LogP contribution in [0.4, 0.5) is 0 Å². The fourth-order valence-electron chi connectivity index (χ4n) is 3.96. The van der Waals surface area contributed by atoms with Crippen molar-refractivity contribution in [1.82, 2.24) is 9.80 Å². The third kappa shape index (κ3) is 3.75. The lowest BCUT2D eigenvalue weighted by atomic mass is 9.98. The van der Waals surface area contributed by atoms with Crippen LogP contribution in [-0.2, 0) is 9.53 Å². The van der Waals surface area contributed by atoms with Crippen molar-refractivity contribution in [2.45, 2.75) is 51.4 Å². The molecule has 0 aliphatic carbocycles. The van der Waals surface area contributed by atoms with E-state index < -0.39 is 0 Å². The van der Waals surface area contributed by atoms with E-state index in [1.807, 2.05) is 23.1 Å². The minimum Gasteiger partial charge on any atom is -0.370 e. The lowest BCUT2D eigenvalue weighted by Gasteiger charge is -2.45. The topological polar surface area (TPSA) is 32.8 Å². The predicted octanol–water partition coefficient (Wildman–Crippen LogP) is 2.85. The van der Waals surface area contributed by atoms with Gasteiger partial charge in [-0.15, -0.1) is 0 Å². The SMILES string of the molecule is C[C@@H]1CN([C@H](C(=O)N2CCCC2)c2ccccc2)CC(C)(C)O1. The van der Waals surface area contributed by atoms with Crippen molar-refractivity contribution in [3.05, 3.63) is 35.9 Å². The smallest absolute Gasteiger partial charge is 0.244 e. The zero-order valence-electron chi connectivity index (χ0n) is 14.5. The molecule has 1 aromatic carbocycles. The van der Waals surface area contributed by atoms with E-state index in [0.29, 0.717) is 0 Å². The molecular formula is C19H28N2O2. The molecule has 2 fully saturated rings. The van der Waals surface area contributed by atoms with Gasteiger partial charge in [-0.25, -0.2) is 0 Å². The maximum atomic E-state index is 13.2. The van der Waals surface area contributed by atoms with Gasteiger partial charge in [-0.1, -0.05) is 30.3 Å². The number of ether oxygens (including phenoxy) is 1. The first-order valence-corrected chi connectivity index (χ1v) is 8.72. The summed E-state index contributed by atoms with van der Waals surface area (Å²) in [5.74, 6) is 0.249. The first-order valence-electron chi connectivity index (χ1n) is 8.72. The largest absolute Gasteiger partial charge is 0.370 e. The average Bonchev–Trinajstić information content (AvgIpc) is 3.00. The van der Waals surface area contributed by atoms with Crippen molar-refractivity contribution < 1.29 is 9.53 Å². The number of likely N-dealkylation sites (tertiary alicyclic amines) is 1. The second-order valence-corrected chi connectivity index (χ2v) is 7.46. The predicted molar refractivity (Wildman–Crippen MR) is 91.2 cm³/mol. The fourth-order valence-corrected chi connectivity index (χ4v) is 3.96. The maximum Gasteiger partial charge on any atom is 0.244 e. The molecule has 4 nitrogen and oxygen atoms in total. The van der Waals surface area contributed by atoms with E-state index in [1.54, 1.807) is 0 Å². The lowest BCUT2D eigenvalue weighted by molar-refractivity contribution is -0.155. The monoisotopic (exact) mass is 316 g/mol. The Kier molecular flexibility index (Phi) is 4.74. The van der Waals surface area contributed by atoms with Crippen molar-refractivity contribution in [3.63, 3.8) is 0 Å². The van der Waals surface area contributed by atoms with Gasteiger partial charge >= 0.3 is 0 Å². The van der Waals surface area contributed by atoms with Crippen molar-refractivity contribution in [1.29, 1.82) is 0 Å². The van der Waals surface area contributed by atoms with Gasteiger partial charge in [0, 0.05) is 26.2 Å². The molecule has 0 aromatic heterocycles. The molecule has 2 atom stereocenters. The molecule has 1 amide bonds. The Morgan fingerprint density at radius 3 is 2.48 bits per heavy atom. The van der Waals surface area contributed by atoms with Crippen LogP contribution in [0.3, 0.4) is 0 Å². The number of carbonyl (C=O) groups excluding carboxylic acids is 1. The highest BCUT2D eigenvalue weighted by atomic mass is 16.5. The molecule has 2 aliphatic heterocycles. The van der Waals surface area contributed by atoms with Crippen LogP contribution in [0.25, 0.3) is 0 Å². The Morgan fingerprint density at radius 2 is 1.87 bits per heavy atom. The molecule has 2 saturated heterocycles. The molecule has 0 spiro atoms. The number of hydrogen-bond acceptors (Lipinski definition) is 3. The zero-order chi connectivity index (χ0) is 16.4. The van der Waals surface area contributed by atoms with E-state index in [4.69, 9.17) is 4.74 Å². The molecule has 0 radical (unpaired) electrons. The van der Waals surface area contributed by atoms with Gasteiger partial charge in [0.05, 0.1) is 11.7 Å². The van der Waals surface area contributed by atoms with Crippen LogP contribution >= 0.6 is 0 Å². The molecule has 2 heterocycles. The summed E-state index contributed by atoms with van der Waals surface area (Å²) in [4.78, 5) is 17.5. The normalized spacial score (nSPS) is 26.2. The Hall–Kier alpha value is -1.39. The number of rotatable bonds is 3. The summed E-state index contributed by atoms with van der Waals surface area (Å²) in [6.45, 7) is 9.67. The number of morpholine rings is 1. The minimum absolute atomic E-state index is 0.136. The van der Waals surface area contributed by atoms with Crippen LogP contribution in [0.15, 0.2) is 30.3 Å². The number of benzene rings is 1. The Bertz CT molecular complexity index is 538. The Morgan fingerprint density at radius 1 is 1.22 bits per heavy atom. The van der Waals surface area contributed by atoms with Gasteiger partial charge in [-0.3, -0.25) is 9.69 Å².